The summed E-state index contributed by atoms with van der Waals surface area (Å²) in [6, 6.07) is 8.07. The van der Waals surface area contributed by atoms with Gasteiger partial charge in [-0.05, 0) is 53.2 Å². The van der Waals surface area contributed by atoms with Gasteiger partial charge in [-0.15, -0.1) is 11.3 Å². The molecule has 0 aliphatic rings. The van der Waals surface area contributed by atoms with Gasteiger partial charge < -0.3 is 9.84 Å². The number of aliphatic hydroxyl groups is 1. The highest BCUT2D eigenvalue weighted by Crippen LogP contribution is 2.28. The summed E-state index contributed by atoms with van der Waals surface area (Å²) in [5.41, 5.74) is 0.464. The molecule has 0 saturated carbocycles. The fraction of sp³-hybridized carbons (Fsp3) is 0.231. The van der Waals surface area contributed by atoms with Crippen LogP contribution in [0, 0.1) is 5.82 Å². The summed E-state index contributed by atoms with van der Waals surface area (Å²) in [5.74, 6) is 0.132. The molecule has 0 amide bonds. The quantitative estimate of drug-likeness (QED) is 0.906. The molecule has 0 aliphatic heterocycles. The van der Waals surface area contributed by atoms with Crippen LogP contribution in [0.5, 0.6) is 5.75 Å². The van der Waals surface area contributed by atoms with E-state index in [2.05, 4.69) is 15.9 Å². The predicted molar refractivity (Wildman–Crippen MR) is 73.4 cm³/mol. The standard InChI is InChI=1S/C13H12BrFO2S/c1-8(16)11-6-9(15)2-4-12(11)17-7-10-3-5-13(14)18-10/h2-6,8,16H,7H2,1H3. The Morgan fingerprint density at radius 1 is 1.39 bits per heavy atom. The molecule has 1 aromatic heterocycles. The number of hydrogen-bond donors (Lipinski definition) is 1. The van der Waals surface area contributed by atoms with Gasteiger partial charge in [-0.25, -0.2) is 4.39 Å². The van der Waals surface area contributed by atoms with Crippen LogP contribution in [0.15, 0.2) is 34.1 Å². The third kappa shape index (κ3) is 3.31. The molecule has 2 rings (SSSR count). The van der Waals surface area contributed by atoms with Crippen molar-refractivity contribution in [1.29, 1.82) is 0 Å². The van der Waals surface area contributed by atoms with Crippen molar-refractivity contribution in [2.24, 2.45) is 0 Å². The number of thiophene rings is 1. The van der Waals surface area contributed by atoms with Gasteiger partial charge in [-0.2, -0.15) is 0 Å². The lowest BCUT2D eigenvalue weighted by molar-refractivity contribution is 0.189. The van der Waals surface area contributed by atoms with Crippen LogP contribution < -0.4 is 4.74 Å². The first-order valence-electron chi connectivity index (χ1n) is 5.41. The van der Waals surface area contributed by atoms with Crippen LogP contribution in [0.1, 0.15) is 23.5 Å². The van der Waals surface area contributed by atoms with E-state index >= 15 is 0 Å². The minimum Gasteiger partial charge on any atom is -0.488 e. The van der Waals surface area contributed by atoms with E-state index in [1.807, 2.05) is 12.1 Å². The predicted octanol–water partition coefficient (Wildman–Crippen LogP) is 4.28. The largest absolute Gasteiger partial charge is 0.488 e. The van der Waals surface area contributed by atoms with E-state index in [4.69, 9.17) is 4.74 Å². The van der Waals surface area contributed by atoms with E-state index in [1.165, 1.54) is 12.1 Å². The first kappa shape index (κ1) is 13.5. The minimum absolute atomic E-state index is 0.378. The van der Waals surface area contributed by atoms with Crippen molar-refractivity contribution in [3.05, 3.63) is 50.4 Å². The van der Waals surface area contributed by atoms with Crippen LogP contribution in [0.2, 0.25) is 0 Å². The molecule has 96 valence electrons. The molecular formula is C13H12BrFO2S. The van der Waals surface area contributed by atoms with Crippen molar-refractivity contribution in [1.82, 2.24) is 0 Å². The fourth-order valence-corrected chi connectivity index (χ4v) is 2.95. The van der Waals surface area contributed by atoms with Gasteiger partial charge in [-0.3, -0.25) is 0 Å². The second kappa shape index (κ2) is 5.82. The molecular weight excluding hydrogens is 319 g/mol. The number of ether oxygens (including phenoxy) is 1. The molecule has 0 spiro atoms. The average Bonchev–Trinajstić information content (AvgIpc) is 2.73. The van der Waals surface area contributed by atoms with E-state index in [0.717, 1.165) is 8.66 Å². The zero-order chi connectivity index (χ0) is 13.1. The van der Waals surface area contributed by atoms with Gasteiger partial charge in [0.15, 0.2) is 0 Å². The van der Waals surface area contributed by atoms with Gasteiger partial charge in [0, 0.05) is 10.4 Å². The molecule has 2 nitrogen and oxygen atoms in total. The van der Waals surface area contributed by atoms with Crippen molar-refractivity contribution in [2.75, 3.05) is 0 Å². The molecule has 0 bridgehead atoms. The van der Waals surface area contributed by atoms with Crippen molar-refractivity contribution in [2.45, 2.75) is 19.6 Å². The van der Waals surface area contributed by atoms with Gasteiger partial charge in [0.05, 0.1) is 9.89 Å². The Hall–Kier alpha value is -0.910. The lowest BCUT2D eigenvalue weighted by Crippen LogP contribution is -2.00. The minimum atomic E-state index is -0.759. The van der Waals surface area contributed by atoms with Gasteiger partial charge in [0.1, 0.15) is 18.2 Å². The third-order valence-corrected chi connectivity index (χ3v) is 4.02. The first-order valence-corrected chi connectivity index (χ1v) is 7.02. The highest BCUT2D eigenvalue weighted by atomic mass is 79.9. The van der Waals surface area contributed by atoms with Gasteiger partial charge in [0.25, 0.3) is 0 Å². The Kier molecular flexibility index (Phi) is 4.37. The Balaban J connectivity index is 2.13. The maximum Gasteiger partial charge on any atom is 0.125 e. The Labute approximate surface area is 117 Å². The summed E-state index contributed by atoms with van der Waals surface area (Å²) in [5, 5.41) is 9.58. The van der Waals surface area contributed by atoms with Gasteiger partial charge in [-0.1, -0.05) is 0 Å². The molecule has 1 unspecified atom stereocenters. The summed E-state index contributed by atoms with van der Waals surface area (Å²) in [4.78, 5) is 1.06. The van der Waals surface area contributed by atoms with Crippen molar-refractivity contribution >= 4 is 27.3 Å². The molecule has 0 saturated heterocycles. The van der Waals surface area contributed by atoms with E-state index in [1.54, 1.807) is 24.3 Å². The van der Waals surface area contributed by atoms with E-state index in [9.17, 15) is 9.50 Å². The molecule has 1 atom stereocenters. The van der Waals surface area contributed by atoms with E-state index < -0.39 is 6.10 Å². The number of halogens is 2. The number of aliphatic hydroxyl groups excluding tert-OH is 1. The number of rotatable bonds is 4. The summed E-state index contributed by atoms with van der Waals surface area (Å²) >= 11 is 4.96. The smallest absolute Gasteiger partial charge is 0.125 e. The first-order chi connectivity index (χ1) is 8.56. The third-order valence-electron chi connectivity index (χ3n) is 2.42. The second-order valence-corrected chi connectivity index (χ2v) is 6.40. The Morgan fingerprint density at radius 2 is 2.17 bits per heavy atom. The van der Waals surface area contributed by atoms with E-state index in [0.29, 0.717) is 17.9 Å². The lowest BCUT2D eigenvalue weighted by atomic mass is 10.1. The van der Waals surface area contributed by atoms with Crippen molar-refractivity contribution < 1.29 is 14.2 Å². The van der Waals surface area contributed by atoms with Crippen LogP contribution in [-0.2, 0) is 6.61 Å². The van der Waals surface area contributed by atoms with Gasteiger partial charge >= 0.3 is 0 Å². The molecule has 0 radical (unpaired) electrons. The topological polar surface area (TPSA) is 29.5 Å². The Bertz CT molecular complexity index is 540. The average molecular weight is 331 g/mol. The Morgan fingerprint density at radius 3 is 2.78 bits per heavy atom. The van der Waals surface area contributed by atoms with Crippen LogP contribution in [0.4, 0.5) is 4.39 Å². The molecule has 0 aliphatic carbocycles. The van der Waals surface area contributed by atoms with Gasteiger partial charge in [0.2, 0.25) is 0 Å². The molecule has 0 fully saturated rings. The maximum absolute atomic E-state index is 13.1. The molecule has 1 aromatic carbocycles. The normalized spacial score (nSPS) is 12.4. The lowest BCUT2D eigenvalue weighted by Gasteiger charge is -2.12. The summed E-state index contributed by atoms with van der Waals surface area (Å²) in [6.07, 6.45) is -0.759. The molecule has 5 heteroatoms. The molecule has 2 aromatic rings. The monoisotopic (exact) mass is 330 g/mol. The summed E-state index contributed by atoms with van der Waals surface area (Å²) < 4.78 is 19.8. The van der Waals surface area contributed by atoms with Crippen molar-refractivity contribution in [3.8, 4) is 5.75 Å². The van der Waals surface area contributed by atoms with Crippen LogP contribution in [0.3, 0.4) is 0 Å². The molecule has 18 heavy (non-hydrogen) atoms. The van der Waals surface area contributed by atoms with Crippen LogP contribution in [-0.4, -0.2) is 5.11 Å². The fourth-order valence-electron chi connectivity index (χ4n) is 1.56. The van der Waals surface area contributed by atoms with Crippen molar-refractivity contribution in [3.63, 3.8) is 0 Å². The maximum atomic E-state index is 13.1. The SMILES string of the molecule is CC(O)c1cc(F)ccc1OCc1ccc(Br)s1. The highest BCUT2D eigenvalue weighted by molar-refractivity contribution is 9.11. The number of hydrogen-bond acceptors (Lipinski definition) is 3. The zero-order valence-corrected chi connectivity index (χ0v) is 12.1. The zero-order valence-electron chi connectivity index (χ0n) is 9.69. The summed E-state index contributed by atoms with van der Waals surface area (Å²) in [6.45, 7) is 1.99. The van der Waals surface area contributed by atoms with Crippen LogP contribution in [0.25, 0.3) is 0 Å². The number of benzene rings is 1. The summed E-state index contributed by atoms with van der Waals surface area (Å²) in [7, 11) is 0. The van der Waals surface area contributed by atoms with Crippen LogP contribution >= 0.6 is 27.3 Å². The molecule has 1 heterocycles. The molecule has 1 N–H and O–H groups in total. The van der Waals surface area contributed by atoms with E-state index in [-0.39, 0.29) is 5.82 Å². The highest BCUT2D eigenvalue weighted by Gasteiger charge is 2.11. The second-order valence-electron chi connectivity index (χ2n) is 3.85.